The summed E-state index contributed by atoms with van der Waals surface area (Å²) in [6.45, 7) is 8.33. The van der Waals surface area contributed by atoms with Crippen LogP contribution in [0.2, 0.25) is 0 Å². The summed E-state index contributed by atoms with van der Waals surface area (Å²) < 4.78 is 32.7. The van der Waals surface area contributed by atoms with Crippen molar-refractivity contribution in [1.82, 2.24) is 5.32 Å². The fraction of sp³-hybridized carbons (Fsp3) is 0.500. The summed E-state index contributed by atoms with van der Waals surface area (Å²) in [4.78, 5) is 12.9. The van der Waals surface area contributed by atoms with Crippen molar-refractivity contribution in [3.8, 4) is 5.75 Å². The van der Waals surface area contributed by atoms with Crippen molar-refractivity contribution in [1.29, 1.82) is 0 Å². The van der Waals surface area contributed by atoms with Gasteiger partial charge < -0.3 is 10.1 Å². The molecule has 3 rings (SSSR count). The predicted molar refractivity (Wildman–Crippen MR) is 133 cm³/mol. The molecule has 1 aliphatic heterocycles. The summed E-state index contributed by atoms with van der Waals surface area (Å²) in [6, 6.07) is 13.5. The van der Waals surface area contributed by atoms with Crippen LogP contribution in [-0.2, 0) is 14.8 Å². The number of carbonyl (C=O) groups is 1. The second-order valence-electron chi connectivity index (χ2n) is 9.08. The summed E-state index contributed by atoms with van der Waals surface area (Å²) in [5, 5.41) is 3.18. The van der Waals surface area contributed by atoms with Crippen LogP contribution >= 0.6 is 0 Å². The van der Waals surface area contributed by atoms with Gasteiger partial charge in [0.15, 0.2) is 0 Å². The molecule has 2 aromatic carbocycles. The number of nitrogens with zero attached hydrogens (tertiary/aromatic N) is 1. The van der Waals surface area contributed by atoms with E-state index in [1.54, 1.807) is 0 Å². The lowest BCUT2D eigenvalue weighted by Gasteiger charge is -2.41. The van der Waals surface area contributed by atoms with E-state index in [1.807, 2.05) is 56.3 Å². The Morgan fingerprint density at radius 3 is 2.52 bits per heavy atom. The number of para-hydroxylation sites is 1. The van der Waals surface area contributed by atoms with E-state index in [2.05, 4.69) is 19.2 Å². The quantitative estimate of drug-likeness (QED) is 0.554. The Kier molecular flexibility index (Phi) is 7.73. The molecular weight excluding hydrogens is 436 g/mol. The van der Waals surface area contributed by atoms with E-state index in [0.717, 1.165) is 41.7 Å². The van der Waals surface area contributed by atoms with E-state index in [1.165, 1.54) is 10.6 Å². The number of hydrogen-bond acceptors (Lipinski definition) is 4. The molecule has 1 atom stereocenters. The molecule has 6 nitrogen and oxygen atoms in total. The van der Waals surface area contributed by atoms with Crippen LogP contribution in [0.5, 0.6) is 5.75 Å². The molecule has 0 fully saturated rings. The number of anilines is 1. The number of rotatable bonds is 9. The topological polar surface area (TPSA) is 75.7 Å². The molecule has 0 saturated heterocycles. The monoisotopic (exact) mass is 472 g/mol. The number of benzene rings is 2. The molecule has 0 radical (unpaired) electrons. The second-order valence-corrected chi connectivity index (χ2v) is 11.0. The van der Waals surface area contributed by atoms with Gasteiger partial charge in [-0.15, -0.1) is 0 Å². The number of nitrogens with one attached hydrogen (secondary N) is 1. The molecule has 7 heteroatoms. The number of amides is 1. The Morgan fingerprint density at radius 1 is 1.15 bits per heavy atom. The van der Waals surface area contributed by atoms with Crippen LogP contribution < -0.4 is 14.4 Å². The molecule has 0 saturated carbocycles. The lowest BCUT2D eigenvalue weighted by Crippen LogP contribution is -2.44. The minimum Gasteiger partial charge on any atom is -0.487 e. The molecule has 1 amide bonds. The fourth-order valence-electron chi connectivity index (χ4n) is 4.53. The third-order valence-corrected chi connectivity index (χ3v) is 7.80. The molecule has 1 heterocycles. The van der Waals surface area contributed by atoms with E-state index < -0.39 is 10.0 Å². The van der Waals surface area contributed by atoms with Crippen molar-refractivity contribution in [2.24, 2.45) is 0 Å². The maximum absolute atomic E-state index is 12.9. The molecule has 1 N–H and O–H groups in total. The molecule has 1 unspecified atom stereocenters. The van der Waals surface area contributed by atoms with Crippen LogP contribution in [0.1, 0.15) is 68.7 Å². The first-order valence-corrected chi connectivity index (χ1v) is 13.6. The number of aryl methyl sites for hydroxylation is 2. The van der Waals surface area contributed by atoms with Crippen LogP contribution in [0.15, 0.2) is 42.5 Å². The minimum absolute atomic E-state index is 0.0766. The molecule has 0 spiro atoms. The third-order valence-electron chi connectivity index (χ3n) is 6.62. The van der Waals surface area contributed by atoms with E-state index in [9.17, 15) is 13.2 Å². The second kappa shape index (κ2) is 10.2. The van der Waals surface area contributed by atoms with Crippen molar-refractivity contribution in [2.45, 2.75) is 71.4 Å². The van der Waals surface area contributed by atoms with Gasteiger partial charge in [0.05, 0.1) is 18.0 Å². The highest BCUT2D eigenvalue weighted by molar-refractivity contribution is 7.92. The van der Waals surface area contributed by atoms with E-state index >= 15 is 0 Å². The first kappa shape index (κ1) is 25.1. The average molecular weight is 473 g/mol. The maximum Gasteiger partial charge on any atom is 0.232 e. The highest BCUT2D eigenvalue weighted by Gasteiger charge is 2.38. The predicted octanol–water partition coefficient (Wildman–Crippen LogP) is 5.05. The zero-order valence-electron chi connectivity index (χ0n) is 20.3. The Balaban J connectivity index is 1.69. The standard InChI is InChI=1S/C26H36N2O4S/c1-6-26(7-2)18-22(21-11-8-9-12-24(21)32-26)27-25(29)13-10-16-28(33(5,30)31)23-17-19(3)14-15-20(23)4/h8-9,11-12,14-15,17,22H,6-7,10,13,16,18H2,1-5H3,(H,27,29). The van der Waals surface area contributed by atoms with Gasteiger partial charge in [0, 0.05) is 24.9 Å². The lowest BCUT2D eigenvalue weighted by molar-refractivity contribution is -0.122. The van der Waals surface area contributed by atoms with Crippen molar-refractivity contribution < 1.29 is 17.9 Å². The first-order valence-electron chi connectivity index (χ1n) is 11.7. The summed E-state index contributed by atoms with van der Waals surface area (Å²) in [7, 11) is -3.46. The van der Waals surface area contributed by atoms with Crippen LogP contribution in [0.25, 0.3) is 0 Å². The largest absolute Gasteiger partial charge is 0.487 e. The van der Waals surface area contributed by atoms with Crippen LogP contribution in [-0.4, -0.2) is 32.7 Å². The molecule has 1 aliphatic rings. The van der Waals surface area contributed by atoms with Gasteiger partial charge in [0.1, 0.15) is 11.4 Å². The number of fused-ring (bicyclic) bond motifs is 1. The Hall–Kier alpha value is -2.54. The number of sulfonamides is 1. The maximum atomic E-state index is 12.9. The van der Waals surface area contributed by atoms with Gasteiger partial charge in [-0.3, -0.25) is 9.10 Å². The molecule has 0 bridgehead atoms. The van der Waals surface area contributed by atoms with Crippen LogP contribution in [0, 0.1) is 13.8 Å². The lowest BCUT2D eigenvalue weighted by atomic mass is 9.83. The van der Waals surface area contributed by atoms with Gasteiger partial charge in [-0.2, -0.15) is 0 Å². The van der Waals surface area contributed by atoms with Gasteiger partial charge >= 0.3 is 0 Å². The molecule has 0 aliphatic carbocycles. The number of hydrogen-bond donors (Lipinski definition) is 1. The molecular formula is C26H36N2O4S. The zero-order chi connectivity index (χ0) is 24.2. The van der Waals surface area contributed by atoms with Crippen molar-refractivity contribution in [2.75, 3.05) is 17.1 Å². The van der Waals surface area contributed by atoms with Gasteiger partial charge in [0.25, 0.3) is 0 Å². The van der Waals surface area contributed by atoms with Gasteiger partial charge in [-0.1, -0.05) is 44.2 Å². The van der Waals surface area contributed by atoms with Crippen molar-refractivity contribution in [3.63, 3.8) is 0 Å². The summed E-state index contributed by atoms with van der Waals surface area (Å²) in [6.07, 6.45) is 4.35. The van der Waals surface area contributed by atoms with E-state index in [-0.39, 0.29) is 30.5 Å². The molecule has 2 aromatic rings. The fourth-order valence-corrected chi connectivity index (χ4v) is 5.55. The van der Waals surface area contributed by atoms with Gasteiger partial charge in [-0.25, -0.2) is 8.42 Å². The van der Waals surface area contributed by atoms with E-state index in [4.69, 9.17) is 4.74 Å². The Bertz CT molecular complexity index is 1090. The summed E-state index contributed by atoms with van der Waals surface area (Å²) in [5.74, 6) is 0.753. The molecule has 0 aromatic heterocycles. The molecule has 180 valence electrons. The summed E-state index contributed by atoms with van der Waals surface area (Å²) >= 11 is 0. The van der Waals surface area contributed by atoms with E-state index in [0.29, 0.717) is 12.1 Å². The Morgan fingerprint density at radius 2 is 1.85 bits per heavy atom. The van der Waals surface area contributed by atoms with Gasteiger partial charge in [-0.05, 0) is 56.4 Å². The zero-order valence-corrected chi connectivity index (χ0v) is 21.2. The van der Waals surface area contributed by atoms with Gasteiger partial charge in [0.2, 0.25) is 15.9 Å². The highest BCUT2D eigenvalue weighted by atomic mass is 32.2. The normalized spacial score (nSPS) is 17.1. The van der Waals surface area contributed by atoms with Crippen molar-refractivity contribution >= 4 is 21.6 Å². The van der Waals surface area contributed by atoms with Crippen LogP contribution in [0.3, 0.4) is 0 Å². The SMILES string of the molecule is CCC1(CC)CC(NC(=O)CCCN(c2cc(C)ccc2C)S(C)(=O)=O)c2ccccc2O1. The minimum atomic E-state index is -3.46. The highest BCUT2D eigenvalue weighted by Crippen LogP contribution is 2.42. The van der Waals surface area contributed by atoms with Crippen molar-refractivity contribution in [3.05, 3.63) is 59.2 Å². The number of carbonyl (C=O) groups excluding carboxylic acids is 1. The first-order chi connectivity index (χ1) is 15.6. The average Bonchev–Trinajstić information content (AvgIpc) is 2.77. The number of ether oxygens (including phenoxy) is 1. The Labute approximate surface area is 198 Å². The third kappa shape index (κ3) is 5.88. The molecule has 33 heavy (non-hydrogen) atoms. The summed E-state index contributed by atoms with van der Waals surface area (Å²) in [5.41, 5.74) is 3.27. The van der Waals surface area contributed by atoms with Crippen LogP contribution in [0.4, 0.5) is 5.69 Å². The smallest absolute Gasteiger partial charge is 0.232 e.